The van der Waals surface area contributed by atoms with Crippen molar-refractivity contribution in [1.29, 1.82) is 0 Å². The van der Waals surface area contributed by atoms with Gasteiger partial charge in [0.05, 0.1) is 10.6 Å². The fourth-order valence-electron chi connectivity index (χ4n) is 4.31. The van der Waals surface area contributed by atoms with Gasteiger partial charge < -0.3 is 9.64 Å². The second-order valence-corrected chi connectivity index (χ2v) is 9.98. The summed E-state index contributed by atoms with van der Waals surface area (Å²) in [5.41, 5.74) is 2.21. The second-order valence-electron chi connectivity index (χ2n) is 8.18. The first-order chi connectivity index (χ1) is 16.1. The Morgan fingerprint density at radius 1 is 1.06 bits per heavy atom. The monoisotopic (exact) mass is 481 g/mol. The van der Waals surface area contributed by atoms with Gasteiger partial charge in [0.25, 0.3) is 5.91 Å². The van der Waals surface area contributed by atoms with E-state index in [0.717, 1.165) is 37.9 Å². The van der Waals surface area contributed by atoms with Crippen LogP contribution in [0.3, 0.4) is 0 Å². The van der Waals surface area contributed by atoms with Crippen LogP contribution in [0, 0.1) is 0 Å². The van der Waals surface area contributed by atoms with Gasteiger partial charge in [-0.05, 0) is 67.3 Å². The van der Waals surface area contributed by atoms with Crippen molar-refractivity contribution in [1.82, 2.24) is 9.88 Å². The fraction of sp³-hybridized carbons (Fsp3) is 0.280. The zero-order chi connectivity index (χ0) is 22.8. The van der Waals surface area contributed by atoms with Gasteiger partial charge in [-0.3, -0.25) is 14.1 Å². The molecule has 6 nitrogen and oxygen atoms in total. The number of benzene rings is 2. The van der Waals surface area contributed by atoms with Gasteiger partial charge in [-0.1, -0.05) is 23.7 Å². The van der Waals surface area contributed by atoms with E-state index in [1.807, 2.05) is 39.5 Å². The highest BCUT2D eigenvalue weighted by atomic mass is 35.5. The minimum Gasteiger partial charge on any atom is -0.489 e. The highest BCUT2D eigenvalue weighted by Gasteiger charge is 2.34. The number of nitrogens with zero attached hydrogens (tertiary/aromatic N) is 3. The van der Waals surface area contributed by atoms with Crippen LogP contribution in [0.25, 0.3) is 0 Å². The molecule has 0 N–H and O–H groups in total. The van der Waals surface area contributed by atoms with E-state index < -0.39 is 11.0 Å². The maximum Gasteiger partial charge on any atom is 0.253 e. The summed E-state index contributed by atoms with van der Waals surface area (Å²) in [7, 11) is -1.53. The molecule has 0 aliphatic carbocycles. The number of ether oxygens (including phenoxy) is 1. The lowest BCUT2D eigenvalue weighted by atomic mass is 10.0. The predicted molar refractivity (Wildman–Crippen MR) is 129 cm³/mol. The number of carbonyl (C=O) groups is 1. The Labute approximate surface area is 200 Å². The summed E-state index contributed by atoms with van der Waals surface area (Å²) < 4.78 is 21.7. The summed E-state index contributed by atoms with van der Waals surface area (Å²) in [6.45, 7) is 1.86. The van der Waals surface area contributed by atoms with E-state index in [1.54, 1.807) is 36.7 Å². The molecule has 3 heterocycles. The highest BCUT2D eigenvalue weighted by molar-refractivity contribution is 7.86. The summed E-state index contributed by atoms with van der Waals surface area (Å²) in [6.07, 6.45) is 6.50. The van der Waals surface area contributed by atoms with Crippen LogP contribution in [0.5, 0.6) is 5.75 Å². The molecule has 1 aromatic heterocycles. The number of rotatable bonds is 4. The number of aromatic nitrogens is 1. The van der Waals surface area contributed by atoms with Gasteiger partial charge in [0.15, 0.2) is 11.0 Å². The number of carbonyl (C=O) groups excluding carboxylic acids is 1. The summed E-state index contributed by atoms with van der Waals surface area (Å²) in [5, 5.41) is 0.636. The number of amides is 1. The third kappa shape index (κ3) is 4.48. The molecule has 0 saturated carbocycles. The fourth-order valence-corrected chi connectivity index (χ4v) is 5.76. The summed E-state index contributed by atoms with van der Waals surface area (Å²) in [5.74, 6) is 0.571. The third-order valence-electron chi connectivity index (χ3n) is 6.04. The standard InChI is InChI=1S/C25H24ClN3O3S/c26-20-9-6-18(7-10-20)23-17-32-24-15-19(25(30)28-13-2-1-3-14-28)8-11-22(24)29(23)33(31)21-5-4-12-27-16-21/h4-12,15-16,23H,1-3,13-14,17H2. The number of hydrogen-bond acceptors (Lipinski definition) is 4. The summed E-state index contributed by atoms with van der Waals surface area (Å²) >= 11 is 6.09. The first-order valence-corrected chi connectivity index (χ1v) is 12.5. The van der Waals surface area contributed by atoms with Crippen molar-refractivity contribution in [2.75, 3.05) is 24.0 Å². The summed E-state index contributed by atoms with van der Waals surface area (Å²) in [6, 6.07) is 16.2. The molecule has 33 heavy (non-hydrogen) atoms. The van der Waals surface area contributed by atoms with Crippen molar-refractivity contribution >= 4 is 34.2 Å². The molecule has 170 valence electrons. The Morgan fingerprint density at radius 2 is 1.85 bits per heavy atom. The van der Waals surface area contributed by atoms with Crippen molar-refractivity contribution in [2.45, 2.75) is 30.2 Å². The molecule has 2 aromatic carbocycles. The first-order valence-electron chi connectivity index (χ1n) is 11.0. The molecule has 2 unspecified atom stereocenters. The Kier molecular flexibility index (Phi) is 6.33. The normalized spacial score (nSPS) is 18.9. The van der Waals surface area contributed by atoms with Crippen LogP contribution in [0.4, 0.5) is 5.69 Å². The first kappa shape index (κ1) is 21.9. The lowest BCUT2D eigenvalue weighted by Crippen LogP contribution is -2.38. The van der Waals surface area contributed by atoms with E-state index in [2.05, 4.69) is 4.98 Å². The van der Waals surface area contributed by atoms with Gasteiger partial charge in [-0.25, -0.2) is 4.21 Å². The summed E-state index contributed by atoms with van der Waals surface area (Å²) in [4.78, 5) is 19.6. The second kappa shape index (κ2) is 9.53. The molecule has 0 spiro atoms. The molecule has 1 fully saturated rings. The van der Waals surface area contributed by atoms with Gasteiger partial charge >= 0.3 is 0 Å². The Balaban J connectivity index is 1.53. The molecule has 0 radical (unpaired) electrons. The quantitative estimate of drug-likeness (QED) is 0.524. The lowest BCUT2D eigenvalue weighted by molar-refractivity contribution is 0.0724. The van der Waals surface area contributed by atoms with Crippen LogP contribution >= 0.6 is 11.6 Å². The van der Waals surface area contributed by atoms with E-state index in [0.29, 0.717) is 33.5 Å². The highest BCUT2D eigenvalue weighted by Crippen LogP contribution is 2.42. The molecule has 2 aliphatic heterocycles. The Morgan fingerprint density at radius 3 is 2.58 bits per heavy atom. The SMILES string of the molecule is O=C(c1ccc2c(c1)OCC(c1ccc(Cl)cc1)N2S(=O)c1cccnc1)N1CCCCC1. The van der Waals surface area contributed by atoms with Gasteiger partial charge in [-0.15, -0.1) is 0 Å². The van der Waals surface area contributed by atoms with Crippen molar-refractivity contribution < 1.29 is 13.7 Å². The van der Waals surface area contributed by atoms with Gasteiger partial charge in [0, 0.05) is 36.1 Å². The molecule has 2 atom stereocenters. The van der Waals surface area contributed by atoms with Crippen molar-refractivity contribution in [3.05, 3.63) is 83.1 Å². The van der Waals surface area contributed by atoms with Gasteiger partial charge in [0.2, 0.25) is 0 Å². The average molecular weight is 482 g/mol. The van der Waals surface area contributed by atoms with Crippen LogP contribution in [0.1, 0.15) is 41.2 Å². The predicted octanol–water partition coefficient (Wildman–Crippen LogP) is 5.02. The Hall–Kier alpha value is -2.90. The van der Waals surface area contributed by atoms with Crippen LogP contribution in [0.15, 0.2) is 71.9 Å². The number of piperidine rings is 1. The topological polar surface area (TPSA) is 62.7 Å². The van der Waals surface area contributed by atoms with E-state index in [1.165, 1.54) is 0 Å². The number of hydrogen-bond donors (Lipinski definition) is 0. The third-order valence-corrected chi connectivity index (χ3v) is 7.74. The van der Waals surface area contributed by atoms with Gasteiger partial charge in [0.1, 0.15) is 18.4 Å². The number of pyridine rings is 1. The van der Waals surface area contributed by atoms with E-state index in [4.69, 9.17) is 16.3 Å². The molecule has 2 aliphatic rings. The van der Waals surface area contributed by atoms with Crippen molar-refractivity contribution in [3.63, 3.8) is 0 Å². The van der Waals surface area contributed by atoms with Gasteiger partial charge in [-0.2, -0.15) is 0 Å². The van der Waals surface area contributed by atoms with E-state index in [9.17, 15) is 9.00 Å². The molecular formula is C25H24ClN3O3S. The zero-order valence-electron chi connectivity index (χ0n) is 18.0. The zero-order valence-corrected chi connectivity index (χ0v) is 19.6. The minimum absolute atomic E-state index is 0.0147. The average Bonchev–Trinajstić information content (AvgIpc) is 2.88. The maximum absolute atomic E-state index is 13.7. The maximum atomic E-state index is 13.7. The van der Waals surface area contributed by atoms with Crippen LogP contribution in [0.2, 0.25) is 5.02 Å². The number of anilines is 1. The Bertz CT molecular complexity index is 1170. The lowest BCUT2D eigenvalue weighted by Gasteiger charge is -2.37. The smallest absolute Gasteiger partial charge is 0.253 e. The largest absolute Gasteiger partial charge is 0.489 e. The molecule has 1 saturated heterocycles. The molecule has 1 amide bonds. The van der Waals surface area contributed by atoms with Crippen molar-refractivity contribution in [3.8, 4) is 5.75 Å². The van der Waals surface area contributed by atoms with E-state index in [-0.39, 0.29) is 11.9 Å². The number of fused-ring (bicyclic) bond motifs is 1. The van der Waals surface area contributed by atoms with Crippen LogP contribution < -0.4 is 9.04 Å². The molecule has 8 heteroatoms. The van der Waals surface area contributed by atoms with Crippen LogP contribution in [-0.4, -0.2) is 39.7 Å². The molecule has 0 bridgehead atoms. The van der Waals surface area contributed by atoms with Crippen molar-refractivity contribution in [2.24, 2.45) is 0 Å². The number of halogens is 1. The van der Waals surface area contributed by atoms with E-state index >= 15 is 0 Å². The molecule has 3 aromatic rings. The number of likely N-dealkylation sites (tertiary alicyclic amines) is 1. The molecular weight excluding hydrogens is 458 g/mol. The molecule has 5 rings (SSSR count). The minimum atomic E-state index is -1.53. The van der Waals surface area contributed by atoms with Crippen LogP contribution in [-0.2, 0) is 11.0 Å².